The molecule has 3 aromatic carbocycles. The van der Waals surface area contributed by atoms with Crippen LogP contribution in [0, 0.1) is 0 Å². The largest absolute Gasteiger partial charge is 0.436 e. The van der Waals surface area contributed by atoms with Crippen molar-refractivity contribution in [3.8, 4) is 22.7 Å². The third-order valence-corrected chi connectivity index (χ3v) is 4.87. The lowest BCUT2D eigenvalue weighted by Crippen LogP contribution is -2.11. The van der Waals surface area contributed by atoms with E-state index in [2.05, 4.69) is 10.3 Å². The van der Waals surface area contributed by atoms with Crippen LogP contribution in [0.5, 0.6) is 0 Å². The van der Waals surface area contributed by atoms with E-state index in [9.17, 15) is 9.59 Å². The fourth-order valence-electron chi connectivity index (χ4n) is 3.02. The fraction of sp³-hybridized carbons (Fsp3) is 0. The minimum Gasteiger partial charge on any atom is -0.436 e. The van der Waals surface area contributed by atoms with Crippen molar-refractivity contribution < 1.29 is 14.0 Å². The Morgan fingerprint density at radius 3 is 2.25 bits per heavy atom. The second-order valence-electron chi connectivity index (χ2n) is 6.87. The molecule has 0 unspecified atom stereocenters. The quantitative estimate of drug-likeness (QED) is 0.389. The lowest BCUT2D eigenvalue weighted by molar-refractivity contribution is -0.111. The average molecular weight is 444 g/mol. The molecular weight excluding hydrogens is 426 g/mol. The molecular formula is C25H18ClN3O3. The first-order valence-corrected chi connectivity index (χ1v) is 10.1. The molecule has 0 radical (unpaired) electrons. The molecule has 0 spiro atoms. The molecule has 32 heavy (non-hydrogen) atoms. The van der Waals surface area contributed by atoms with Gasteiger partial charge in [0.05, 0.1) is 0 Å². The van der Waals surface area contributed by atoms with E-state index in [-0.39, 0.29) is 5.91 Å². The molecule has 4 rings (SSSR count). The summed E-state index contributed by atoms with van der Waals surface area (Å²) in [7, 11) is 0. The fourth-order valence-corrected chi connectivity index (χ4v) is 3.14. The lowest BCUT2D eigenvalue weighted by Gasteiger charge is -2.02. The summed E-state index contributed by atoms with van der Waals surface area (Å²) < 4.78 is 5.97. The number of nitrogens with zero attached hydrogens (tertiary/aromatic N) is 1. The van der Waals surface area contributed by atoms with E-state index in [0.29, 0.717) is 33.6 Å². The number of nitrogens with one attached hydrogen (secondary N) is 1. The van der Waals surface area contributed by atoms with Crippen LogP contribution in [0.2, 0.25) is 5.02 Å². The van der Waals surface area contributed by atoms with Gasteiger partial charge in [-0.15, -0.1) is 0 Å². The number of hydrogen-bond acceptors (Lipinski definition) is 4. The van der Waals surface area contributed by atoms with Crippen molar-refractivity contribution in [3.05, 3.63) is 101 Å². The minimum absolute atomic E-state index is 0.362. The molecule has 0 bridgehead atoms. The third-order valence-electron chi connectivity index (χ3n) is 4.61. The summed E-state index contributed by atoms with van der Waals surface area (Å²) in [4.78, 5) is 28.2. The van der Waals surface area contributed by atoms with Gasteiger partial charge in [-0.3, -0.25) is 9.59 Å². The predicted octanol–water partition coefficient (Wildman–Crippen LogP) is 5.41. The molecule has 158 valence electrons. The topological polar surface area (TPSA) is 98.2 Å². The summed E-state index contributed by atoms with van der Waals surface area (Å²) in [5.74, 6) is -0.0170. The maximum atomic E-state index is 12.4. The monoisotopic (exact) mass is 443 g/mol. The molecule has 7 heteroatoms. The zero-order chi connectivity index (χ0) is 22.5. The Bertz CT molecular complexity index is 1280. The molecule has 0 aliphatic heterocycles. The van der Waals surface area contributed by atoms with Gasteiger partial charge in [-0.25, -0.2) is 4.98 Å². The van der Waals surface area contributed by atoms with Gasteiger partial charge in [-0.05, 0) is 54.6 Å². The number of rotatable bonds is 6. The summed E-state index contributed by atoms with van der Waals surface area (Å²) in [6.07, 6.45) is 2.92. The highest BCUT2D eigenvalue weighted by Crippen LogP contribution is 2.30. The number of oxazole rings is 1. The van der Waals surface area contributed by atoms with Crippen LogP contribution in [0.3, 0.4) is 0 Å². The normalized spacial score (nSPS) is 10.9. The number of hydrogen-bond donors (Lipinski definition) is 2. The maximum absolute atomic E-state index is 12.4. The van der Waals surface area contributed by atoms with Crippen LogP contribution in [0.1, 0.15) is 16.1 Å². The van der Waals surface area contributed by atoms with Crippen LogP contribution in [0.15, 0.2) is 89.4 Å². The zero-order valence-electron chi connectivity index (χ0n) is 16.8. The average Bonchev–Trinajstić information content (AvgIpc) is 3.23. The van der Waals surface area contributed by atoms with Gasteiger partial charge in [0.2, 0.25) is 17.7 Å². The van der Waals surface area contributed by atoms with Crippen molar-refractivity contribution >= 4 is 35.2 Å². The molecule has 0 saturated carbocycles. The SMILES string of the molecule is NC(=O)c1ccc(NC(=O)C=Cc2oc(-c3ccccc3)nc2-c2ccc(Cl)cc2)cc1. The second kappa shape index (κ2) is 9.32. The van der Waals surface area contributed by atoms with Crippen LogP contribution in [-0.4, -0.2) is 16.8 Å². The molecule has 0 aliphatic carbocycles. The second-order valence-corrected chi connectivity index (χ2v) is 7.31. The van der Waals surface area contributed by atoms with Crippen molar-refractivity contribution in [2.45, 2.75) is 0 Å². The summed E-state index contributed by atoms with van der Waals surface area (Å²) in [5, 5.41) is 3.34. The molecule has 3 N–H and O–H groups in total. The van der Waals surface area contributed by atoms with E-state index in [1.165, 1.54) is 6.08 Å². The Kier molecular flexibility index (Phi) is 6.14. The Labute approximate surface area is 189 Å². The van der Waals surface area contributed by atoms with Crippen LogP contribution in [0.4, 0.5) is 5.69 Å². The Balaban J connectivity index is 1.60. The molecule has 4 aromatic rings. The highest BCUT2D eigenvalue weighted by molar-refractivity contribution is 6.30. The maximum Gasteiger partial charge on any atom is 0.248 e. The number of aromatic nitrogens is 1. The van der Waals surface area contributed by atoms with Gasteiger partial charge in [0, 0.05) is 33.5 Å². The van der Waals surface area contributed by atoms with Gasteiger partial charge < -0.3 is 15.5 Å². The number of anilines is 1. The van der Waals surface area contributed by atoms with E-state index < -0.39 is 5.91 Å². The van der Waals surface area contributed by atoms with Crippen LogP contribution >= 0.6 is 11.6 Å². The number of halogens is 1. The Hall–Kier alpha value is -4.16. The smallest absolute Gasteiger partial charge is 0.248 e. The van der Waals surface area contributed by atoms with Crippen LogP contribution < -0.4 is 11.1 Å². The molecule has 0 saturated heterocycles. The Morgan fingerprint density at radius 1 is 0.906 bits per heavy atom. The minimum atomic E-state index is -0.531. The van der Waals surface area contributed by atoms with E-state index in [4.69, 9.17) is 21.8 Å². The van der Waals surface area contributed by atoms with Gasteiger partial charge in [0.15, 0.2) is 5.76 Å². The van der Waals surface area contributed by atoms with Gasteiger partial charge in [-0.2, -0.15) is 0 Å². The van der Waals surface area contributed by atoms with Crippen molar-refractivity contribution in [3.63, 3.8) is 0 Å². The number of carbonyl (C=O) groups is 2. The van der Waals surface area contributed by atoms with Crippen LogP contribution in [0.25, 0.3) is 28.8 Å². The third kappa shape index (κ3) is 4.94. The van der Waals surface area contributed by atoms with Gasteiger partial charge in [0.25, 0.3) is 0 Å². The molecule has 1 aromatic heterocycles. The van der Waals surface area contributed by atoms with Crippen molar-refractivity contribution in [1.29, 1.82) is 0 Å². The molecule has 0 fully saturated rings. The summed E-state index contributed by atoms with van der Waals surface area (Å²) in [6.45, 7) is 0. The number of amides is 2. The molecule has 0 atom stereocenters. The van der Waals surface area contributed by atoms with Gasteiger partial charge in [0.1, 0.15) is 5.69 Å². The molecule has 6 nitrogen and oxygen atoms in total. The number of benzene rings is 3. The van der Waals surface area contributed by atoms with Gasteiger partial charge >= 0.3 is 0 Å². The summed E-state index contributed by atoms with van der Waals surface area (Å²) >= 11 is 6.01. The zero-order valence-corrected chi connectivity index (χ0v) is 17.5. The van der Waals surface area contributed by atoms with Crippen molar-refractivity contribution in [2.75, 3.05) is 5.32 Å². The first-order valence-electron chi connectivity index (χ1n) is 9.71. The lowest BCUT2D eigenvalue weighted by atomic mass is 10.1. The van der Waals surface area contributed by atoms with E-state index in [1.807, 2.05) is 42.5 Å². The first kappa shape index (κ1) is 21.1. The molecule has 0 aliphatic rings. The van der Waals surface area contributed by atoms with Crippen molar-refractivity contribution in [1.82, 2.24) is 4.98 Å². The van der Waals surface area contributed by atoms with Crippen molar-refractivity contribution in [2.24, 2.45) is 5.73 Å². The van der Waals surface area contributed by atoms with Crippen LogP contribution in [-0.2, 0) is 4.79 Å². The van der Waals surface area contributed by atoms with E-state index in [0.717, 1.165) is 11.1 Å². The highest BCUT2D eigenvalue weighted by Gasteiger charge is 2.15. The Morgan fingerprint density at radius 2 is 1.59 bits per heavy atom. The molecule has 1 heterocycles. The van der Waals surface area contributed by atoms with E-state index in [1.54, 1.807) is 42.5 Å². The van der Waals surface area contributed by atoms with Gasteiger partial charge in [-0.1, -0.05) is 41.9 Å². The summed E-state index contributed by atoms with van der Waals surface area (Å²) in [6, 6.07) is 23.0. The number of carbonyl (C=O) groups excluding carboxylic acids is 2. The highest BCUT2D eigenvalue weighted by atomic mass is 35.5. The summed E-state index contributed by atoms with van der Waals surface area (Å²) in [5.41, 5.74) is 8.35. The predicted molar refractivity (Wildman–Crippen MR) is 125 cm³/mol. The first-order chi connectivity index (χ1) is 15.5. The molecule has 2 amide bonds. The number of primary amides is 1. The number of nitrogens with two attached hydrogens (primary N) is 1. The standard InChI is InChI=1S/C25H18ClN3O3/c26-19-10-6-16(7-11-19)23-21(32-25(29-23)18-4-2-1-3-5-18)14-15-22(30)28-20-12-8-17(9-13-20)24(27)31/h1-15H,(H2,27,31)(H,28,30). The van der Waals surface area contributed by atoms with E-state index >= 15 is 0 Å².